The van der Waals surface area contributed by atoms with Crippen molar-refractivity contribution in [1.29, 1.82) is 0 Å². The van der Waals surface area contributed by atoms with E-state index in [1.807, 2.05) is 20.0 Å². The van der Waals surface area contributed by atoms with Gasteiger partial charge in [0.25, 0.3) is 0 Å². The van der Waals surface area contributed by atoms with Crippen LogP contribution in [-0.2, 0) is 5.41 Å². The molecule has 1 nitrogen and oxygen atoms in total. The van der Waals surface area contributed by atoms with Crippen LogP contribution in [0.3, 0.4) is 0 Å². The summed E-state index contributed by atoms with van der Waals surface area (Å²) in [5.41, 5.74) is 8.12. The van der Waals surface area contributed by atoms with Gasteiger partial charge in [-0.1, -0.05) is 154 Å². The minimum atomic E-state index is -0.349. The van der Waals surface area contributed by atoms with Crippen molar-refractivity contribution in [3.63, 3.8) is 0 Å². The highest BCUT2D eigenvalue weighted by atomic mass is 19.1. The van der Waals surface area contributed by atoms with E-state index < -0.39 is 0 Å². The van der Waals surface area contributed by atoms with E-state index in [0.29, 0.717) is 17.8 Å². The zero-order valence-corrected chi connectivity index (χ0v) is 32.8. The lowest BCUT2D eigenvalue weighted by atomic mass is 9.64. The van der Waals surface area contributed by atoms with Crippen LogP contribution in [0.25, 0.3) is 16.3 Å². The summed E-state index contributed by atoms with van der Waals surface area (Å²) >= 11 is 0. The Balaban J connectivity index is 0.000000259. The number of hydrogen-bond acceptors (Lipinski definition) is 1. The van der Waals surface area contributed by atoms with E-state index in [1.165, 1.54) is 52.3 Å². The number of allylic oxidation sites excluding steroid dienone is 12. The molecule has 2 aromatic carbocycles. The van der Waals surface area contributed by atoms with E-state index >= 15 is 4.39 Å². The Morgan fingerprint density at radius 1 is 0.960 bits per heavy atom. The molecule has 5 rings (SSSR count). The van der Waals surface area contributed by atoms with Gasteiger partial charge in [0.1, 0.15) is 5.83 Å². The Morgan fingerprint density at radius 3 is 2.34 bits per heavy atom. The lowest BCUT2D eigenvalue weighted by molar-refractivity contribution is 0.524. The standard InChI is InChI=1S/C23H24FN.C23H34.C2H6/c1-4-5-6-8-15-11-12-18(24)21-20(15)22-19-16(13-14-25-22)9-7-10-17(19)23(21,2)3;1-6-9-14-23(22(13-7-2)17-19(4)5)18-20(8-3)21-15-11-10-12-16-21;1-2/h5-7,9-10,12-15H,4,8,11H2,1-3H3;7,10-13,15-20H,6,8-9,14H2,1-5H3;1-2H3/b;13-7-,22-17+,23-18+;. The zero-order chi connectivity index (χ0) is 36.7. The normalized spacial score (nSPS) is 17.7. The van der Waals surface area contributed by atoms with Crippen LogP contribution in [0, 0.1) is 11.8 Å². The summed E-state index contributed by atoms with van der Waals surface area (Å²) < 4.78 is 15.0. The molecule has 50 heavy (non-hydrogen) atoms. The summed E-state index contributed by atoms with van der Waals surface area (Å²) in [6.07, 6.45) is 25.0. The number of benzene rings is 2. The first-order valence-corrected chi connectivity index (χ1v) is 19.4. The van der Waals surface area contributed by atoms with E-state index in [-0.39, 0.29) is 11.2 Å². The van der Waals surface area contributed by atoms with Gasteiger partial charge >= 0.3 is 0 Å². The van der Waals surface area contributed by atoms with Crippen molar-refractivity contribution in [2.75, 3.05) is 0 Å². The number of unbranched alkanes of at least 4 members (excludes halogenated alkanes) is 1. The first-order valence-electron chi connectivity index (χ1n) is 19.4. The zero-order valence-electron chi connectivity index (χ0n) is 32.8. The van der Waals surface area contributed by atoms with Gasteiger partial charge < -0.3 is 0 Å². The van der Waals surface area contributed by atoms with E-state index in [2.05, 4.69) is 146 Å². The number of aromatic nitrogens is 1. The lowest BCUT2D eigenvalue weighted by Crippen LogP contribution is -2.30. The molecule has 0 N–H and O–H groups in total. The Labute approximate surface area is 304 Å². The van der Waals surface area contributed by atoms with Gasteiger partial charge in [0.05, 0.1) is 5.69 Å². The van der Waals surface area contributed by atoms with E-state index in [0.717, 1.165) is 42.5 Å². The van der Waals surface area contributed by atoms with E-state index in [4.69, 9.17) is 4.98 Å². The molecule has 0 spiro atoms. The molecule has 0 amide bonds. The summed E-state index contributed by atoms with van der Waals surface area (Å²) in [6.45, 7) is 21.6. The first kappa shape index (κ1) is 40.6. The summed E-state index contributed by atoms with van der Waals surface area (Å²) in [6, 6.07) is 19.3. The van der Waals surface area contributed by atoms with Crippen LogP contribution in [-0.4, -0.2) is 4.98 Å². The Bertz CT molecular complexity index is 1690. The number of pyridine rings is 1. The quantitative estimate of drug-likeness (QED) is 0.138. The molecule has 2 atom stereocenters. The van der Waals surface area contributed by atoms with Gasteiger partial charge in [0.15, 0.2) is 0 Å². The molecule has 2 unspecified atom stereocenters. The summed E-state index contributed by atoms with van der Waals surface area (Å²) in [7, 11) is 0. The third kappa shape index (κ3) is 9.93. The lowest BCUT2D eigenvalue weighted by Gasteiger charge is -2.40. The molecule has 0 saturated heterocycles. The van der Waals surface area contributed by atoms with Crippen molar-refractivity contribution < 1.29 is 4.39 Å². The van der Waals surface area contributed by atoms with Crippen molar-refractivity contribution in [2.24, 2.45) is 11.8 Å². The van der Waals surface area contributed by atoms with Crippen molar-refractivity contribution >= 4 is 16.3 Å². The van der Waals surface area contributed by atoms with Crippen LogP contribution in [0.2, 0.25) is 0 Å². The summed E-state index contributed by atoms with van der Waals surface area (Å²) in [5.74, 6) is 1.30. The molecule has 0 saturated carbocycles. The number of fused-ring (bicyclic) bond motifs is 1. The first-order chi connectivity index (χ1) is 24.2. The molecule has 0 fully saturated rings. The van der Waals surface area contributed by atoms with Crippen LogP contribution in [0.4, 0.5) is 4.39 Å². The maximum atomic E-state index is 15.0. The predicted octanol–water partition coefficient (Wildman–Crippen LogP) is 15.0. The van der Waals surface area contributed by atoms with Crippen LogP contribution in [0.5, 0.6) is 0 Å². The van der Waals surface area contributed by atoms with Gasteiger partial charge in [-0.3, -0.25) is 4.98 Å². The van der Waals surface area contributed by atoms with Gasteiger partial charge in [0.2, 0.25) is 0 Å². The molecule has 3 aromatic rings. The molecule has 2 heteroatoms. The fourth-order valence-corrected chi connectivity index (χ4v) is 7.37. The molecule has 0 bridgehead atoms. The van der Waals surface area contributed by atoms with E-state index in [9.17, 15) is 0 Å². The van der Waals surface area contributed by atoms with Gasteiger partial charge in [-0.25, -0.2) is 4.39 Å². The van der Waals surface area contributed by atoms with Crippen molar-refractivity contribution in [2.45, 2.75) is 126 Å². The van der Waals surface area contributed by atoms with Crippen molar-refractivity contribution in [3.8, 4) is 0 Å². The van der Waals surface area contributed by atoms with Gasteiger partial charge in [0, 0.05) is 28.5 Å². The molecule has 2 aliphatic carbocycles. The largest absolute Gasteiger partial charge is 0.256 e. The van der Waals surface area contributed by atoms with Crippen molar-refractivity contribution in [1.82, 2.24) is 4.98 Å². The van der Waals surface area contributed by atoms with Gasteiger partial charge in [-0.05, 0) is 103 Å². The Kier molecular flexibility index (Phi) is 16.4. The van der Waals surface area contributed by atoms with Gasteiger partial charge in [-0.15, -0.1) is 0 Å². The average molecular weight is 674 g/mol. The van der Waals surface area contributed by atoms with Crippen LogP contribution < -0.4 is 0 Å². The predicted molar refractivity (Wildman–Crippen MR) is 219 cm³/mol. The second kappa shape index (κ2) is 20.2. The third-order valence-electron chi connectivity index (χ3n) is 9.77. The third-order valence-corrected chi connectivity index (χ3v) is 9.77. The average Bonchev–Trinajstić information content (AvgIpc) is 3.12. The highest BCUT2D eigenvalue weighted by Crippen LogP contribution is 2.53. The second-order valence-corrected chi connectivity index (χ2v) is 14.2. The molecular formula is C48H64FN. The summed E-state index contributed by atoms with van der Waals surface area (Å²) in [5, 5.41) is 2.40. The SMILES string of the molecule is CC.CCC=CCC1CC=C(F)C2=C1c1nccc3cccc(c13)C2(C)C.C\C=C/C(=C\C(C)C)C(=C/C(CC)c1ccccc1)/CCCC. The number of halogens is 1. The minimum absolute atomic E-state index is 0.0657. The van der Waals surface area contributed by atoms with Crippen LogP contribution in [0.15, 0.2) is 126 Å². The Hall–Kier alpha value is -3.78. The Morgan fingerprint density at radius 2 is 1.70 bits per heavy atom. The van der Waals surface area contributed by atoms with Crippen molar-refractivity contribution in [3.05, 3.63) is 143 Å². The molecule has 1 aromatic heterocycles. The van der Waals surface area contributed by atoms with Gasteiger partial charge in [-0.2, -0.15) is 0 Å². The molecule has 1 heterocycles. The number of nitrogens with zero attached hydrogens (tertiary/aromatic N) is 1. The number of rotatable bonds is 12. The fraction of sp³-hybridized carbons (Fsp3) is 0.438. The van der Waals surface area contributed by atoms with E-state index in [1.54, 1.807) is 6.08 Å². The number of hydrogen-bond donors (Lipinski definition) is 0. The summed E-state index contributed by atoms with van der Waals surface area (Å²) in [4.78, 5) is 4.72. The smallest absolute Gasteiger partial charge is 0.123 e. The maximum Gasteiger partial charge on any atom is 0.123 e. The highest BCUT2D eigenvalue weighted by Gasteiger charge is 2.41. The van der Waals surface area contributed by atoms with Crippen LogP contribution >= 0.6 is 0 Å². The fourth-order valence-electron chi connectivity index (χ4n) is 7.37. The minimum Gasteiger partial charge on any atom is -0.256 e. The molecule has 0 aliphatic heterocycles. The highest BCUT2D eigenvalue weighted by molar-refractivity contribution is 6.00. The van der Waals surface area contributed by atoms with Crippen LogP contribution in [0.1, 0.15) is 137 Å². The second-order valence-electron chi connectivity index (χ2n) is 14.2. The monoisotopic (exact) mass is 674 g/mol. The molecule has 2 aliphatic rings. The molecule has 268 valence electrons. The topological polar surface area (TPSA) is 12.9 Å². The molecule has 0 radical (unpaired) electrons. The maximum absolute atomic E-state index is 15.0. The molecular weight excluding hydrogens is 610 g/mol.